The SMILES string of the molecule is O[C@@H](COCc1ccccc1Cl)CN1CCC[C@H]1Cn1cccn1. The van der Waals surface area contributed by atoms with Gasteiger partial charge in [0.1, 0.15) is 0 Å². The average molecular weight is 350 g/mol. The molecule has 2 heterocycles. The van der Waals surface area contributed by atoms with Crippen LogP contribution in [0.25, 0.3) is 0 Å². The van der Waals surface area contributed by atoms with Crippen LogP contribution < -0.4 is 0 Å². The summed E-state index contributed by atoms with van der Waals surface area (Å²) in [7, 11) is 0. The maximum atomic E-state index is 10.3. The lowest BCUT2D eigenvalue weighted by atomic mass is 10.2. The van der Waals surface area contributed by atoms with Crippen molar-refractivity contribution in [1.29, 1.82) is 0 Å². The predicted molar refractivity (Wildman–Crippen MR) is 93.9 cm³/mol. The minimum Gasteiger partial charge on any atom is -0.389 e. The highest BCUT2D eigenvalue weighted by Crippen LogP contribution is 2.19. The maximum absolute atomic E-state index is 10.3. The van der Waals surface area contributed by atoms with E-state index in [0.717, 1.165) is 25.1 Å². The third-order valence-electron chi connectivity index (χ3n) is 4.43. The topological polar surface area (TPSA) is 50.5 Å². The van der Waals surface area contributed by atoms with E-state index in [-0.39, 0.29) is 0 Å². The number of nitrogens with zero attached hydrogens (tertiary/aromatic N) is 3. The first-order valence-corrected chi connectivity index (χ1v) is 8.81. The molecular formula is C18H24ClN3O2. The number of β-amino-alcohol motifs (C(OH)–C–C–N with tert-alkyl or cyclic N) is 1. The number of hydrogen-bond acceptors (Lipinski definition) is 4. The third-order valence-corrected chi connectivity index (χ3v) is 4.80. The highest BCUT2D eigenvalue weighted by molar-refractivity contribution is 6.31. The molecule has 24 heavy (non-hydrogen) atoms. The summed E-state index contributed by atoms with van der Waals surface area (Å²) in [6, 6.07) is 9.99. The van der Waals surface area contributed by atoms with Crippen LogP contribution in [0.15, 0.2) is 42.7 Å². The number of rotatable bonds is 8. The molecule has 6 heteroatoms. The number of likely N-dealkylation sites (tertiary alicyclic amines) is 1. The second kappa shape index (κ2) is 8.62. The van der Waals surface area contributed by atoms with Crippen LogP contribution in [-0.4, -0.2) is 51.6 Å². The fourth-order valence-electron chi connectivity index (χ4n) is 3.21. The first-order chi connectivity index (χ1) is 11.7. The molecule has 2 atom stereocenters. The lowest BCUT2D eigenvalue weighted by Crippen LogP contribution is -2.40. The highest BCUT2D eigenvalue weighted by atomic mass is 35.5. The van der Waals surface area contributed by atoms with E-state index >= 15 is 0 Å². The number of aliphatic hydroxyl groups is 1. The molecule has 0 amide bonds. The minimum atomic E-state index is -0.495. The first kappa shape index (κ1) is 17.4. The van der Waals surface area contributed by atoms with Gasteiger partial charge in [-0.3, -0.25) is 9.58 Å². The van der Waals surface area contributed by atoms with Gasteiger partial charge in [-0.25, -0.2) is 0 Å². The Kier molecular flexibility index (Phi) is 6.26. The Labute approximate surface area is 147 Å². The van der Waals surface area contributed by atoms with Crippen LogP contribution in [0.3, 0.4) is 0 Å². The first-order valence-electron chi connectivity index (χ1n) is 8.43. The molecule has 1 aliphatic heterocycles. The summed E-state index contributed by atoms with van der Waals surface area (Å²) in [6.45, 7) is 3.27. The highest BCUT2D eigenvalue weighted by Gasteiger charge is 2.26. The largest absolute Gasteiger partial charge is 0.389 e. The van der Waals surface area contributed by atoms with Gasteiger partial charge in [-0.05, 0) is 37.1 Å². The van der Waals surface area contributed by atoms with Crippen molar-refractivity contribution in [1.82, 2.24) is 14.7 Å². The van der Waals surface area contributed by atoms with Crippen molar-refractivity contribution in [2.24, 2.45) is 0 Å². The van der Waals surface area contributed by atoms with Crippen LogP contribution in [0, 0.1) is 0 Å². The van der Waals surface area contributed by atoms with Crippen molar-refractivity contribution in [2.45, 2.75) is 38.1 Å². The van der Waals surface area contributed by atoms with Crippen molar-refractivity contribution in [3.63, 3.8) is 0 Å². The molecule has 1 aromatic carbocycles. The summed E-state index contributed by atoms with van der Waals surface area (Å²) in [5.74, 6) is 0. The average Bonchev–Trinajstić information content (AvgIpc) is 3.22. The quantitative estimate of drug-likeness (QED) is 0.795. The number of halogens is 1. The van der Waals surface area contributed by atoms with Gasteiger partial charge >= 0.3 is 0 Å². The second-order valence-electron chi connectivity index (χ2n) is 6.28. The van der Waals surface area contributed by atoms with E-state index < -0.39 is 6.10 Å². The van der Waals surface area contributed by atoms with E-state index in [9.17, 15) is 5.11 Å². The second-order valence-corrected chi connectivity index (χ2v) is 6.69. The molecule has 1 N–H and O–H groups in total. The van der Waals surface area contributed by atoms with Crippen LogP contribution in [-0.2, 0) is 17.9 Å². The molecule has 3 rings (SSSR count). The molecule has 0 saturated carbocycles. The van der Waals surface area contributed by atoms with Gasteiger partial charge in [0.15, 0.2) is 0 Å². The van der Waals surface area contributed by atoms with E-state index in [1.54, 1.807) is 6.20 Å². The Balaban J connectivity index is 1.42. The zero-order valence-electron chi connectivity index (χ0n) is 13.7. The Morgan fingerprint density at radius 3 is 3.00 bits per heavy atom. The van der Waals surface area contributed by atoms with E-state index in [0.29, 0.717) is 30.8 Å². The molecule has 130 valence electrons. The standard InChI is InChI=1S/C18H24ClN3O2/c19-18-7-2-1-5-15(18)13-24-14-17(23)12-21-9-3-6-16(21)11-22-10-4-8-20-22/h1-2,4-5,7-8,10,16-17,23H,3,6,9,11-14H2/t16-,17+/m0/s1. The third kappa shape index (κ3) is 4.80. The van der Waals surface area contributed by atoms with Crippen molar-refractivity contribution in [2.75, 3.05) is 19.7 Å². The van der Waals surface area contributed by atoms with Crippen LogP contribution in [0.1, 0.15) is 18.4 Å². The zero-order chi connectivity index (χ0) is 16.8. The fourth-order valence-corrected chi connectivity index (χ4v) is 3.40. The molecule has 0 bridgehead atoms. The molecule has 0 aliphatic carbocycles. The Bertz CT molecular complexity index is 620. The normalized spacial score (nSPS) is 19.7. The molecule has 1 aromatic heterocycles. The molecule has 2 aromatic rings. The molecule has 0 radical (unpaired) electrons. The van der Waals surface area contributed by atoms with Crippen LogP contribution in [0.2, 0.25) is 5.02 Å². The van der Waals surface area contributed by atoms with Gasteiger partial charge in [-0.15, -0.1) is 0 Å². The molecule has 0 unspecified atom stereocenters. The van der Waals surface area contributed by atoms with Gasteiger partial charge in [0.25, 0.3) is 0 Å². The lowest BCUT2D eigenvalue weighted by Gasteiger charge is -2.26. The van der Waals surface area contributed by atoms with Gasteiger partial charge in [0.05, 0.1) is 25.9 Å². The Morgan fingerprint density at radius 1 is 1.33 bits per heavy atom. The van der Waals surface area contributed by atoms with Crippen molar-refractivity contribution >= 4 is 11.6 Å². The summed E-state index contributed by atoms with van der Waals surface area (Å²) in [5.41, 5.74) is 0.948. The van der Waals surface area contributed by atoms with E-state index in [2.05, 4.69) is 10.00 Å². The number of hydrogen-bond donors (Lipinski definition) is 1. The Morgan fingerprint density at radius 2 is 2.21 bits per heavy atom. The molecular weight excluding hydrogens is 326 g/mol. The summed E-state index contributed by atoms with van der Waals surface area (Å²) in [6.07, 6.45) is 5.61. The van der Waals surface area contributed by atoms with Crippen molar-refractivity contribution in [3.05, 3.63) is 53.3 Å². The van der Waals surface area contributed by atoms with Gasteiger partial charge in [-0.2, -0.15) is 5.10 Å². The summed E-state index contributed by atoms with van der Waals surface area (Å²) in [5, 5.41) is 15.3. The molecule has 1 aliphatic rings. The number of benzene rings is 1. The molecule has 0 spiro atoms. The molecule has 1 saturated heterocycles. The smallest absolute Gasteiger partial charge is 0.0900 e. The van der Waals surface area contributed by atoms with Gasteiger partial charge < -0.3 is 9.84 Å². The van der Waals surface area contributed by atoms with E-state index in [1.807, 2.05) is 41.2 Å². The van der Waals surface area contributed by atoms with Crippen molar-refractivity contribution < 1.29 is 9.84 Å². The summed E-state index contributed by atoms with van der Waals surface area (Å²) < 4.78 is 7.60. The van der Waals surface area contributed by atoms with Gasteiger partial charge in [0.2, 0.25) is 0 Å². The summed E-state index contributed by atoms with van der Waals surface area (Å²) >= 11 is 6.10. The van der Waals surface area contributed by atoms with Crippen LogP contribution in [0.4, 0.5) is 0 Å². The monoisotopic (exact) mass is 349 g/mol. The fraction of sp³-hybridized carbons (Fsp3) is 0.500. The van der Waals surface area contributed by atoms with Gasteiger partial charge in [0, 0.05) is 30.0 Å². The van der Waals surface area contributed by atoms with Crippen LogP contribution >= 0.6 is 11.6 Å². The van der Waals surface area contributed by atoms with Crippen molar-refractivity contribution in [3.8, 4) is 0 Å². The molecule has 5 nitrogen and oxygen atoms in total. The van der Waals surface area contributed by atoms with E-state index in [4.69, 9.17) is 16.3 Å². The number of aromatic nitrogens is 2. The predicted octanol–water partition coefficient (Wildman–Crippen LogP) is 2.58. The number of aliphatic hydroxyl groups excluding tert-OH is 1. The van der Waals surface area contributed by atoms with E-state index in [1.165, 1.54) is 6.42 Å². The Hall–Kier alpha value is -1.40. The molecule has 1 fully saturated rings. The lowest BCUT2D eigenvalue weighted by molar-refractivity contribution is 0.00668. The number of ether oxygens (including phenoxy) is 1. The maximum Gasteiger partial charge on any atom is 0.0900 e. The van der Waals surface area contributed by atoms with Crippen LogP contribution in [0.5, 0.6) is 0 Å². The van der Waals surface area contributed by atoms with Gasteiger partial charge in [-0.1, -0.05) is 29.8 Å². The summed E-state index contributed by atoms with van der Waals surface area (Å²) in [4.78, 5) is 2.34. The minimum absolute atomic E-state index is 0.316. The zero-order valence-corrected chi connectivity index (χ0v) is 14.5.